The molecule has 0 saturated carbocycles. The third-order valence-electron chi connectivity index (χ3n) is 1.66. The minimum Gasteiger partial charge on any atom is -0.294 e. The Hall–Kier alpha value is -0.220. The van der Waals surface area contributed by atoms with Crippen molar-refractivity contribution in [2.75, 3.05) is 11.5 Å². The molecule has 1 unspecified atom stereocenters. The maximum Gasteiger partial charge on any atom is 0.234 e. The molecular weight excluding hydrogens is 148 g/mol. The fraction of sp³-hybridized carbons (Fsp3) is 0.833. The summed E-state index contributed by atoms with van der Waals surface area (Å²) in [5, 5.41) is 0. The first-order chi connectivity index (χ1) is 4.83. The Morgan fingerprint density at radius 1 is 1.80 bits per heavy atom. The quantitative estimate of drug-likeness (QED) is 0.343. The van der Waals surface area contributed by atoms with Crippen molar-refractivity contribution in [2.45, 2.75) is 12.8 Å². The van der Waals surface area contributed by atoms with Crippen LogP contribution in [0.25, 0.3) is 0 Å². The standard InChI is InChI=1S/C6H12N2OS/c7-8-6(9)3-5-1-2-10-4-5/h5H,1-4,7H2,(H,8,9). The van der Waals surface area contributed by atoms with Gasteiger partial charge in [-0.05, 0) is 23.8 Å². The number of hydrazine groups is 1. The van der Waals surface area contributed by atoms with E-state index in [4.69, 9.17) is 5.84 Å². The molecule has 3 N–H and O–H groups in total. The van der Waals surface area contributed by atoms with Gasteiger partial charge in [0.15, 0.2) is 0 Å². The predicted octanol–water partition coefficient (Wildman–Crippen LogP) is 0.119. The monoisotopic (exact) mass is 160 g/mol. The minimum atomic E-state index is -0.0347. The van der Waals surface area contributed by atoms with Crippen molar-refractivity contribution in [3.8, 4) is 0 Å². The van der Waals surface area contributed by atoms with Crippen molar-refractivity contribution in [2.24, 2.45) is 11.8 Å². The lowest BCUT2D eigenvalue weighted by molar-refractivity contribution is -0.121. The van der Waals surface area contributed by atoms with Crippen LogP contribution in [0.2, 0.25) is 0 Å². The van der Waals surface area contributed by atoms with Crippen molar-refractivity contribution >= 4 is 17.7 Å². The van der Waals surface area contributed by atoms with Crippen LogP contribution in [0, 0.1) is 5.92 Å². The summed E-state index contributed by atoms with van der Waals surface area (Å²) in [7, 11) is 0. The second-order valence-corrected chi connectivity index (χ2v) is 3.65. The van der Waals surface area contributed by atoms with Gasteiger partial charge in [-0.15, -0.1) is 0 Å². The van der Waals surface area contributed by atoms with Crippen LogP contribution in [-0.2, 0) is 4.79 Å². The lowest BCUT2D eigenvalue weighted by Crippen LogP contribution is -2.31. The highest BCUT2D eigenvalue weighted by atomic mass is 32.2. The number of thioether (sulfide) groups is 1. The molecule has 10 heavy (non-hydrogen) atoms. The van der Waals surface area contributed by atoms with Crippen molar-refractivity contribution in [1.82, 2.24) is 5.43 Å². The molecule has 0 radical (unpaired) electrons. The number of carbonyl (C=O) groups is 1. The Balaban J connectivity index is 2.17. The van der Waals surface area contributed by atoms with E-state index in [0.717, 1.165) is 12.2 Å². The van der Waals surface area contributed by atoms with Gasteiger partial charge in [-0.25, -0.2) is 5.84 Å². The van der Waals surface area contributed by atoms with E-state index >= 15 is 0 Å². The molecule has 58 valence electrons. The summed E-state index contributed by atoms with van der Waals surface area (Å²) >= 11 is 1.91. The number of hydrogen-bond acceptors (Lipinski definition) is 3. The van der Waals surface area contributed by atoms with Gasteiger partial charge >= 0.3 is 0 Å². The zero-order valence-corrected chi connectivity index (χ0v) is 6.62. The number of rotatable bonds is 2. The maximum atomic E-state index is 10.7. The molecule has 0 bridgehead atoms. The van der Waals surface area contributed by atoms with Crippen molar-refractivity contribution in [3.05, 3.63) is 0 Å². The fourth-order valence-corrected chi connectivity index (χ4v) is 2.35. The molecule has 0 aliphatic carbocycles. The van der Waals surface area contributed by atoms with E-state index in [1.165, 1.54) is 5.75 Å². The van der Waals surface area contributed by atoms with E-state index in [0.29, 0.717) is 12.3 Å². The summed E-state index contributed by atoms with van der Waals surface area (Å²) in [5.74, 6) is 7.79. The van der Waals surface area contributed by atoms with Gasteiger partial charge in [-0.2, -0.15) is 11.8 Å². The van der Waals surface area contributed by atoms with E-state index in [-0.39, 0.29) is 5.91 Å². The normalized spacial score (nSPS) is 24.7. The maximum absolute atomic E-state index is 10.7. The summed E-state index contributed by atoms with van der Waals surface area (Å²) in [6, 6.07) is 0. The van der Waals surface area contributed by atoms with E-state index in [9.17, 15) is 4.79 Å². The average molecular weight is 160 g/mol. The van der Waals surface area contributed by atoms with Crippen LogP contribution in [-0.4, -0.2) is 17.4 Å². The van der Waals surface area contributed by atoms with E-state index < -0.39 is 0 Å². The van der Waals surface area contributed by atoms with Gasteiger partial charge in [0, 0.05) is 6.42 Å². The molecule has 1 rings (SSSR count). The highest BCUT2D eigenvalue weighted by Gasteiger charge is 2.17. The Bertz CT molecular complexity index is 123. The number of carbonyl (C=O) groups excluding carboxylic acids is 1. The lowest BCUT2D eigenvalue weighted by atomic mass is 10.1. The van der Waals surface area contributed by atoms with Crippen LogP contribution in [0.15, 0.2) is 0 Å². The number of nitrogens with one attached hydrogen (secondary N) is 1. The van der Waals surface area contributed by atoms with Gasteiger partial charge in [0.25, 0.3) is 0 Å². The summed E-state index contributed by atoms with van der Waals surface area (Å²) in [6.07, 6.45) is 1.77. The van der Waals surface area contributed by atoms with E-state index in [1.54, 1.807) is 0 Å². The molecule has 1 aliphatic heterocycles. The number of amides is 1. The second kappa shape index (κ2) is 3.83. The molecule has 1 atom stereocenters. The molecule has 1 saturated heterocycles. The third-order valence-corrected chi connectivity index (χ3v) is 2.89. The number of hydrogen-bond donors (Lipinski definition) is 2. The molecule has 3 nitrogen and oxygen atoms in total. The lowest BCUT2D eigenvalue weighted by Gasteiger charge is -2.04. The van der Waals surface area contributed by atoms with Crippen LogP contribution >= 0.6 is 11.8 Å². The first-order valence-electron chi connectivity index (χ1n) is 3.40. The van der Waals surface area contributed by atoms with Crippen molar-refractivity contribution < 1.29 is 4.79 Å². The van der Waals surface area contributed by atoms with Crippen LogP contribution in [0.5, 0.6) is 0 Å². The third kappa shape index (κ3) is 2.19. The highest BCUT2D eigenvalue weighted by molar-refractivity contribution is 7.99. The summed E-state index contributed by atoms with van der Waals surface area (Å²) < 4.78 is 0. The molecule has 0 aromatic heterocycles. The van der Waals surface area contributed by atoms with Crippen LogP contribution < -0.4 is 11.3 Å². The zero-order valence-electron chi connectivity index (χ0n) is 5.80. The first kappa shape index (κ1) is 7.88. The van der Waals surface area contributed by atoms with Crippen LogP contribution in [0.1, 0.15) is 12.8 Å². The minimum absolute atomic E-state index is 0.0347. The van der Waals surface area contributed by atoms with Gasteiger partial charge in [0.05, 0.1) is 0 Å². The molecule has 4 heteroatoms. The first-order valence-corrected chi connectivity index (χ1v) is 4.55. The van der Waals surface area contributed by atoms with Crippen molar-refractivity contribution in [1.29, 1.82) is 0 Å². The molecule has 0 spiro atoms. The van der Waals surface area contributed by atoms with Crippen LogP contribution in [0.3, 0.4) is 0 Å². The zero-order chi connectivity index (χ0) is 7.40. The smallest absolute Gasteiger partial charge is 0.234 e. The van der Waals surface area contributed by atoms with Gasteiger partial charge in [-0.1, -0.05) is 0 Å². The SMILES string of the molecule is NNC(=O)CC1CCSC1. The van der Waals surface area contributed by atoms with E-state index in [2.05, 4.69) is 5.43 Å². The van der Waals surface area contributed by atoms with Gasteiger partial charge < -0.3 is 0 Å². The van der Waals surface area contributed by atoms with E-state index in [1.807, 2.05) is 11.8 Å². The molecule has 1 heterocycles. The molecule has 1 amide bonds. The summed E-state index contributed by atoms with van der Waals surface area (Å²) in [5.41, 5.74) is 2.14. The molecule has 1 fully saturated rings. The summed E-state index contributed by atoms with van der Waals surface area (Å²) in [6.45, 7) is 0. The highest BCUT2D eigenvalue weighted by Crippen LogP contribution is 2.25. The molecular formula is C6H12N2OS. The fourth-order valence-electron chi connectivity index (χ4n) is 1.07. The molecule has 0 aromatic carbocycles. The van der Waals surface area contributed by atoms with Gasteiger partial charge in [0.2, 0.25) is 5.91 Å². The Kier molecular flexibility index (Phi) is 3.02. The van der Waals surface area contributed by atoms with Gasteiger partial charge in [0.1, 0.15) is 0 Å². The molecule has 0 aromatic rings. The second-order valence-electron chi connectivity index (χ2n) is 2.50. The topological polar surface area (TPSA) is 55.1 Å². The van der Waals surface area contributed by atoms with Crippen LogP contribution in [0.4, 0.5) is 0 Å². The molecule has 1 aliphatic rings. The summed E-state index contributed by atoms with van der Waals surface area (Å²) in [4.78, 5) is 10.7. The predicted molar refractivity (Wildman–Crippen MR) is 42.4 cm³/mol. The Morgan fingerprint density at radius 3 is 3.10 bits per heavy atom. The van der Waals surface area contributed by atoms with Gasteiger partial charge in [-0.3, -0.25) is 10.2 Å². The Labute approximate surface area is 64.7 Å². The largest absolute Gasteiger partial charge is 0.294 e. The van der Waals surface area contributed by atoms with Crippen molar-refractivity contribution in [3.63, 3.8) is 0 Å². The number of nitrogens with two attached hydrogens (primary N) is 1. The average Bonchev–Trinajstić information content (AvgIpc) is 2.40. The Morgan fingerprint density at radius 2 is 2.60 bits per heavy atom.